The minimum absolute atomic E-state index is 0.210. The molecule has 0 aliphatic rings. The van der Waals surface area contributed by atoms with Crippen LogP contribution in [0.15, 0.2) is 57.8 Å². The quantitative estimate of drug-likeness (QED) is 0.537. The molecule has 124 valence electrons. The summed E-state index contributed by atoms with van der Waals surface area (Å²) < 4.78 is 10.9. The molecule has 0 saturated carbocycles. The maximum absolute atomic E-state index is 12.2. The van der Waals surface area contributed by atoms with E-state index in [0.717, 1.165) is 11.1 Å². The number of carbonyl (C=O) groups is 1. The van der Waals surface area contributed by atoms with Crippen LogP contribution < -0.4 is 10.1 Å². The molecular weight excluding hydrogens is 322 g/mol. The standard InChI is InChI=1S/C19H19NO3S/c1-13-6-8-15(9-7-13)24-11-10-20-19(21)17-12-14-4-3-5-16(22-2)18(14)23-17/h3-9,12H,10-11H2,1-2H3,(H,20,21). The van der Waals surface area contributed by atoms with Crippen molar-refractivity contribution in [2.24, 2.45) is 0 Å². The summed E-state index contributed by atoms with van der Waals surface area (Å²) in [7, 11) is 1.58. The van der Waals surface area contributed by atoms with E-state index < -0.39 is 0 Å². The van der Waals surface area contributed by atoms with Crippen LogP contribution >= 0.6 is 11.8 Å². The van der Waals surface area contributed by atoms with Crippen LogP contribution in [0.4, 0.5) is 0 Å². The van der Waals surface area contributed by atoms with E-state index in [9.17, 15) is 4.79 Å². The molecule has 24 heavy (non-hydrogen) atoms. The van der Waals surface area contributed by atoms with Crippen molar-refractivity contribution in [1.29, 1.82) is 0 Å². The van der Waals surface area contributed by atoms with E-state index in [1.165, 1.54) is 10.5 Å². The molecule has 0 spiro atoms. The molecule has 0 aliphatic carbocycles. The lowest BCUT2D eigenvalue weighted by Crippen LogP contribution is -2.25. The smallest absolute Gasteiger partial charge is 0.287 e. The first-order valence-corrected chi connectivity index (χ1v) is 8.70. The van der Waals surface area contributed by atoms with Gasteiger partial charge in [-0.15, -0.1) is 11.8 Å². The van der Waals surface area contributed by atoms with Gasteiger partial charge in [0.15, 0.2) is 17.1 Å². The van der Waals surface area contributed by atoms with E-state index in [2.05, 4.69) is 36.5 Å². The fraction of sp³-hybridized carbons (Fsp3) is 0.211. The second-order valence-electron chi connectivity index (χ2n) is 5.41. The number of hydrogen-bond donors (Lipinski definition) is 1. The van der Waals surface area contributed by atoms with Gasteiger partial charge in [0.1, 0.15) is 0 Å². The Hall–Kier alpha value is -2.40. The fourth-order valence-corrected chi connectivity index (χ4v) is 3.13. The molecule has 3 aromatic rings. The van der Waals surface area contributed by atoms with Gasteiger partial charge < -0.3 is 14.5 Å². The zero-order chi connectivity index (χ0) is 16.9. The van der Waals surface area contributed by atoms with Crippen molar-refractivity contribution in [3.05, 3.63) is 59.9 Å². The number of fused-ring (bicyclic) bond motifs is 1. The van der Waals surface area contributed by atoms with E-state index in [1.807, 2.05) is 18.2 Å². The molecule has 1 amide bonds. The average Bonchev–Trinajstić information content (AvgIpc) is 3.04. The number of para-hydroxylation sites is 1. The Labute approximate surface area is 145 Å². The molecule has 1 heterocycles. The summed E-state index contributed by atoms with van der Waals surface area (Å²) in [6.07, 6.45) is 0. The molecule has 0 unspecified atom stereocenters. The molecule has 0 fully saturated rings. The number of carbonyl (C=O) groups excluding carboxylic acids is 1. The van der Waals surface area contributed by atoms with Crippen molar-refractivity contribution in [3.63, 3.8) is 0 Å². The van der Waals surface area contributed by atoms with Gasteiger partial charge in [-0.05, 0) is 31.2 Å². The summed E-state index contributed by atoms with van der Waals surface area (Å²) >= 11 is 1.71. The number of methoxy groups -OCH3 is 1. The van der Waals surface area contributed by atoms with Gasteiger partial charge in [0.05, 0.1) is 7.11 Å². The average molecular weight is 341 g/mol. The number of ether oxygens (including phenoxy) is 1. The molecule has 0 bridgehead atoms. The van der Waals surface area contributed by atoms with E-state index in [0.29, 0.717) is 23.6 Å². The molecule has 1 N–H and O–H groups in total. The van der Waals surface area contributed by atoms with Crippen LogP contribution in [0.1, 0.15) is 16.1 Å². The van der Waals surface area contributed by atoms with Crippen LogP contribution in [0, 0.1) is 6.92 Å². The highest BCUT2D eigenvalue weighted by Gasteiger charge is 2.14. The SMILES string of the molecule is COc1cccc2cc(C(=O)NCCSc3ccc(C)cc3)oc12. The van der Waals surface area contributed by atoms with E-state index in [-0.39, 0.29) is 5.91 Å². The van der Waals surface area contributed by atoms with Crippen LogP contribution in [0.5, 0.6) is 5.75 Å². The highest BCUT2D eigenvalue weighted by molar-refractivity contribution is 7.99. The van der Waals surface area contributed by atoms with Crippen molar-refractivity contribution in [1.82, 2.24) is 5.32 Å². The van der Waals surface area contributed by atoms with E-state index >= 15 is 0 Å². The number of rotatable bonds is 6. The van der Waals surface area contributed by atoms with Crippen LogP contribution in [-0.4, -0.2) is 25.3 Å². The molecule has 0 aliphatic heterocycles. The Morgan fingerprint density at radius 2 is 2.00 bits per heavy atom. The van der Waals surface area contributed by atoms with E-state index in [4.69, 9.17) is 9.15 Å². The van der Waals surface area contributed by atoms with Gasteiger partial charge >= 0.3 is 0 Å². The summed E-state index contributed by atoms with van der Waals surface area (Å²) in [6, 6.07) is 15.7. The number of hydrogen-bond acceptors (Lipinski definition) is 4. The lowest BCUT2D eigenvalue weighted by Gasteiger charge is -2.04. The van der Waals surface area contributed by atoms with Crippen molar-refractivity contribution in [2.75, 3.05) is 19.4 Å². The largest absolute Gasteiger partial charge is 0.493 e. The summed E-state index contributed by atoms with van der Waals surface area (Å²) in [4.78, 5) is 13.4. The third-order valence-electron chi connectivity index (χ3n) is 3.63. The van der Waals surface area contributed by atoms with Crippen LogP contribution in [0.25, 0.3) is 11.0 Å². The van der Waals surface area contributed by atoms with Crippen molar-refractivity contribution in [2.45, 2.75) is 11.8 Å². The first-order valence-electron chi connectivity index (χ1n) is 7.71. The van der Waals surface area contributed by atoms with Gasteiger partial charge in [0, 0.05) is 22.6 Å². The highest BCUT2D eigenvalue weighted by Crippen LogP contribution is 2.28. The lowest BCUT2D eigenvalue weighted by molar-refractivity contribution is 0.0930. The molecule has 4 nitrogen and oxygen atoms in total. The first kappa shape index (κ1) is 16.5. The van der Waals surface area contributed by atoms with Crippen molar-refractivity contribution in [3.8, 4) is 5.75 Å². The maximum Gasteiger partial charge on any atom is 0.287 e. The first-order chi connectivity index (χ1) is 11.7. The van der Waals surface area contributed by atoms with Crippen molar-refractivity contribution < 1.29 is 13.9 Å². The van der Waals surface area contributed by atoms with Crippen molar-refractivity contribution >= 4 is 28.6 Å². The summed E-state index contributed by atoms with van der Waals surface area (Å²) in [5.74, 6) is 1.52. The number of benzene rings is 2. The predicted octanol–water partition coefficient (Wildman–Crippen LogP) is 4.27. The molecule has 1 aromatic heterocycles. The molecular formula is C19H19NO3S. The third-order valence-corrected chi connectivity index (χ3v) is 4.64. The zero-order valence-electron chi connectivity index (χ0n) is 13.7. The summed E-state index contributed by atoms with van der Waals surface area (Å²) in [5.41, 5.74) is 1.84. The molecule has 0 radical (unpaired) electrons. The lowest BCUT2D eigenvalue weighted by atomic mass is 10.2. The topological polar surface area (TPSA) is 51.5 Å². The Kier molecular flexibility index (Phi) is 5.11. The summed E-state index contributed by atoms with van der Waals surface area (Å²) in [6.45, 7) is 2.64. The number of aryl methyl sites for hydroxylation is 1. The molecule has 3 rings (SSSR count). The number of furan rings is 1. The molecule has 5 heteroatoms. The Morgan fingerprint density at radius 3 is 2.75 bits per heavy atom. The van der Waals surface area contributed by atoms with Crippen LogP contribution in [0.2, 0.25) is 0 Å². The Morgan fingerprint density at radius 1 is 1.21 bits per heavy atom. The van der Waals surface area contributed by atoms with Gasteiger partial charge in [0.25, 0.3) is 5.91 Å². The van der Waals surface area contributed by atoms with Crippen LogP contribution in [0.3, 0.4) is 0 Å². The van der Waals surface area contributed by atoms with Gasteiger partial charge in [-0.2, -0.15) is 0 Å². The number of thioether (sulfide) groups is 1. The Bertz CT molecular complexity index is 839. The van der Waals surface area contributed by atoms with Gasteiger partial charge in [-0.3, -0.25) is 4.79 Å². The normalized spacial score (nSPS) is 10.8. The fourth-order valence-electron chi connectivity index (χ4n) is 2.36. The molecule has 0 atom stereocenters. The van der Waals surface area contributed by atoms with Crippen LogP contribution in [-0.2, 0) is 0 Å². The monoisotopic (exact) mass is 341 g/mol. The molecule has 0 saturated heterocycles. The second kappa shape index (κ2) is 7.45. The van der Waals surface area contributed by atoms with Gasteiger partial charge in [-0.1, -0.05) is 29.8 Å². The molecule has 2 aromatic carbocycles. The zero-order valence-corrected chi connectivity index (χ0v) is 14.5. The highest BCUT2D eigenvalue weighted by atomic mass is 32.2. The summed E-state index contributed by atoms with van der Waals surface area (Å²) in [5, 5.41) is 3.74. The number of nitrogens with one attached hydrogen (secondary N) is 1. The minimum atomic E-state index is -0.210. The van der Waals surface area contributed by atoms with Gasteiger partial charge in [0.2, 0.25) is 0 Å². The number of amides is 1. The Balaban J connectivity index is 1.56. The predicted molar refractivity (Wildman–Crippen MR) is 97.0 cm³/mol. The van der Waals surface area contributed by atoms with E-state index in [1.54, 1.807) is 24.9 Å². The second-order valence-corrected chi connectivity index (χ2v) is 6.58. The third kappa shape index (κ3) is 3.74. The van der Waals surface area contributed by atoms with Gasteiger partial charge in [-0.25, -0.2) is 0 Å². The maximum atomic E-state index is 12.2. The minimum Gasteiger partial charge on any atom is -0.493 e.